The van der Waals surface area contributed by atoms with Crippen molar-refractivity contribution in [2.24, 2.45) is 0 Å². The van der Waals surface area contributed by atoms with E-state index in [1.807, 2.05) is 18.2 Å². The Balaban J connectivity index is 2.08. The second kappa shape index (κ2) is 6.48. The smallest absolute Gasteiger partial charge is 0.238 e. The van der Waals surface area contributed by atoms with Gasteiger partial charge >= 0.3 is 0 Å². The molecule has 0 saturated carbocycles. The highest BCUT2D eigenvalue weighted by Crippen LogP contribution is 2.21. The summed E-state index contributed by atoms with van der Waals surface area (Å²) in [5, 5.41) is 3.31. The summed E-state index contributed by atoms with van der Waals surface area (Å²) in [6.45, 7) is 9.04. The summed E-state index contributed by atoms with van der Waals surface area (Å²) in [6, 6.07) is 6.42. The van der Waals surface area contributed by atoms with Gasteiger partial charge in [-0.3, -0.25) is 4.98 Å². The maximum absolute atomic E-state index is 5.76. The van der Waals surface area contributed by atoms with E-state index in [4.69, 9.17) is 4.74 Å². The van der Waals surface area contributed by atoms with Crippen LogP contribution in [0.5, 0.6) is 11.6 Å². The molecule has 0 atom stereocenters. The number of benzene rings is 1. The van der Waals surface area contributed by atoms with Crippen LogP contribution >= 0.6 is 0 Å². The number of hydrogen-bond acceptors (Lipinski definition) is 4. The SMILES string of the molecule is Cc1ccc(Oc2cncc(CNC(C)C)n2)cc1C. The van der Waals surface area contributed by atoms with E-state index in [0.29, 0.717) is 18.5 Å². The van der Waals surface area contributed by atoms with E-state index in [2.05, 4.69) is 43.0 Å². The quantitative estimate of drug-likeness (QED) is 0.905. The maximum Gasteiger partial charge on any atom is 0.238 e. The van der Waals surface area contributed by atoms with Gasteiger partial charge in [0.1, 0.15) is 5.75 Å². The predicted molar refractivity (Wildman–Crippen MR) is 80.0 cm³/mol. The van der Waals surface area contributed by atoms with Crippen molar-refractivity contribution in [2.75, 3.05) is 0 Å². The van der Waals surface area contributed by atoms with E-state index >= 15 is 0 Å². The van der Waals surface area contributed by atoms with Crippen molar-refractivity contribution >= 4 is 0 Å². The van der Waals surface area contributed by atoms with Gasteiger partial charge in [0.25, 0.3) is 0 Å². The summed E-state index contributed by atoms with van der Waals surface area (Å²) in [6.07, 6.45) is 3.39. The average Bonchev–Trinajstić information content (AvgIpc) is 2.41. The van der Waals surface area contributed by atoms with Crippen molar-refractivity contribution in [1.82, 2.24) is 15.3 Å². The zero-order chi connectivity index (χ0) is 14.5. The summed E-state index contributed by atoms with van der Waals surface area (Å²) in [5.41, 5.74) is 3.33. The van der Waals surface area contributed by atoms with Crippen molar-refractivity contribution < 1.29 is 4.74 Å². The van der Waals surface area contributed by atoms with Gasteiger partial charge in [-0.25, -0.2) is 4.98 Å². The molecule has 0 aliphatic rings. The Morgan fingerprint density at radius 1 is 1.15 bits per heavy atom. The predicted octanol–water partition coefficient (Wildman–Crippen LogP) is 3.38. The molecule has 1 N–H and O–H groups in total. The second-order valence-electron chi connectivity index (χ2n) is 5.23. The van der Waals surface area contributed by atoms with Crippen LogP contribution in [0.25, 0.3) is 0 Å². The lowest BCUT2D eigenvalue weighted by Crippen LogP contribution is -2.22. The Morgan fingerprint density at radius 3 is 2.65 bits per heavy atom. The van der Waals surface area contributed by atoms with Gasteiger partial charge in [0, 0.05) is 18.8 Å². The largest absolute Gasteiger partial charge is 0.437 e. The van der Waals surface area contributed by atoms with Gasteiger partial charge in [-0.1, -0.05) is 19.9 Å². The zero-order valence-electron chi connectivity index (χ0n) is 12.5. The van der Waals surface area contributed by atoms with Crippen LogP contribution in [-0.4, -0.2) is 16.0 Å². The molecule has 4 nitrogen and oxygen atoms in total. The summed E-state index contributed by atoms with van der Waals surface area (Å²) in [4.78, 5) is 8.62. The Hall–Kier alpha value is -1.94. The van der Waals surface area contributed by atoms with Crippen LogP contribution in [-0.2, 0) is 6.54 Å². The molecule has 106 valence electrons. The highest BCUT2D eigenvalue weighted by atomic mass is 16.5. The molecule has 0 spiro atoms. The Kier molecular flexibility index (Phi) is 4.69. The first-order valence-electron chi connectivity index (χ1n) is 6.84. The highest BCUT2D eigenvalue weighted by Gasteiger charge is 2.03. The van der Waals surface area contributed by atoms with Crippen LogP contribution in [0.3, 0.4) is 0 Å². The first kappa shape index (κ1) is 14.5. The first-order chi connectivity index (χ1) is 9.54. The Bertz CT molecular complexity index is 582. The fraction of sp³-hybridized carbons (Fsp3) is 0.375. The lowest BCUT2D eigenvalue weighted by atomic mass is 10.1. The molecule has 0 aliphatic heterocycles. The number of aryl methyl sites for hydroxylation is 2. The fourth-order valence-electron chi connectivity index (χ4n) is 1.73. The Labute approximate surface area is 120 Å². The van der Waals surface area contributed by atoms with E-state index < -0.39 is 0 Å². The van der Waals surface area contributed by atoms with Gasteiger partial charge in [-0.05, 0) is 37.1 Å². The molecule has 0 fully saturated rings. The Morgan fingerprint density at radius 2 is 1.95 bits per heavy atom. The molecule has 20 heavy (non-hydrogen) atoms. The number of ether oxygens (including phenoxy) is 1. The number of rotatable bonds is 5. The molecule has 0 radical (unpaired) electrons. The van der Waals surface area contributed by atoms with Gasteiger partial charge in [-0.15, -0.1) is 0 Å². The van der Waals surface area contributed by atoms with Gasteiger partial charge in [0.05, 0.1) is 11.9 Å². The molecule has 0 aliphatic carbocycles. The molecule has 0 unspecified atom stereocenters. The maximum atomic E-state index is 5.76. The lowest BCUT2D eigenvalue weighted by Gasteiger charge is -2.09. The second-order valence-corrected chi connectivity index (χ2v) is 5.23. The molecule has 0 amide bonds. The van der Waals surface area contributed by atoms with E-state index in [1.165, 1.54) is 11.1 Å². The van der Waals surface area contributed by atoms with Crippen molar-refractivity contribution in [1.29, 1.82) is 0 Å². The third kappa shape index (κ3) is 4.03. The minimum atomic E-state index is 0.418. The third-order valence-corrected chi connectivity index (χ3v) is 3.05. The van der Waals surface area contributed by atoms with E-state index in [-0.39, 0.29) is 0 Å². The minimum absolute atomic E-state index is 0.418. The number of nitrogens with one attached hydrogen (secondary N) is 1. The molecule has 1 heterocycles. The summed E-state index contributed by atoms with van der Waals surface area (Å²) in [7, 11) is 0. The van der Waals surface area contributed by atoms with E-state index in [0.717, 1.165) is 11.4 Å². The molecule has 4 heteroatoms. The monoisotopic (exact) mass is 271 g/mol. The number of nitrogens with zero attached hydrogens (tertiary/aromatic N) is 2. The molecule has 0 bridgehead atoms. The van der Waals surface area contributed by atoms with Crippen molar-refractivity contribution in [3.8, 4) is 11.6 Å². The zero-order valence-corrected chi connectivity index (χ0v) is 12.5. The third-order valence-electron chi connectivity index (χ3n) is 3.05. The van der Waals surface area contributed by atoms with Gasteiger partial charge in [0.2, 0.25) is 5.88 Å². The molecule has 1 aromatic carbocycles. The van der Waals surface area contributed by atoms with Gasteiger partial charge < -0.3 is 10.1 Å². The normalized spacial score (nSPS) is 10.8. The minimum Gasteiger partial charge on any atom is -0.437 e. The molecule has 2 aromatic rings. The van der Waals surface area contributed by atoms with Crippen LogP contribution in [0, 0.1) is 13.8 Å². The van der Waals surface area contributed by atoms with E-state index in [1.54, 1.807) is 12.4 Å². The van der Waals surface area contributed by atoms with Crippen LogP contribution in [0.2, 0.25) is 0 Å². The van der Waals surface area contributed by atoms with Gasteiger partial charge in [0.15, 0.2) is 0 Å². The number of aromatic nitrogens is 2. The van der Waals surface area contributed by atoms with Crippen LogP contribution in [0.1, 0.15) is 30.7 Å². The van der Waals surface area contributed by atoms with Crippen molar-refractivity contribution in [3.05, 3.63) is 47.4 Å². The highest BCUT2D eigenvalue weighted by molar-refractivity contribution is 5.35. The van der Waals surface area contributed by atoms with E-state index in [9.17, 15) is 0 Å². The molecular formula is C16H21N3O. The molecular weight excluding hydrogens is 250 g/mol. The molecule has 0 saturated heterocycles. The molecule has 1 aromatic heterocycles. The summed E-state index contributed by atoms with van der Waals surface area (Å²) in [5.74, 6) is 1.31. The average molecular weight is 271 g/mol. The molecule has 2 rings (SSSR count). The summed E-state index contributed by atoms with van der Waals surface area (Å²) >= 11 is 0. The lowest BCUT2D eigenvalue weighted by molar-refractivity contribution is 0.454. The van der Waals surface area contributed by atoms with Crippen LogP contribution in [0.4, 0.5) is 0 Å². The summed E-state index contributed by atoms with van der Waals surface area (Å²) < 4.78 is 5.76. The van der Waals surface area contributed by atoms with Crippen LogP contribution < -0.4 is 10.1 Å². The topological polar surface area (TPSA) is 47.0 Å². The van der Waals surface area contributed by atoms with Crippen molar-refractivity contribution in [3.63, 3.8) is 0 Å². The fourth-order valence-corrected chi connectivity index (χ4v) is 1.73. The van der Waals surface area contributed by atoms with Gasteiger partial charge in [-0.2, -0.15) is 0 Å². The number of hydrogen-bond donors (Lipinski definition) is 1. The van der Waals surface area contributed by atoms with Crippen molar-refractivity contribution in [2.45, 2.75) is 40.3 Å². The van der Waals surface area contributed by atoms with Crippen LogP contribution in [0.15, 0.2) is 30.6 Å². The first-order valence-corrected chi connectivity index (χ1v) is 6.84. The standard InChI is InChI=1S/C16H21N3O/c1-11(2)18-9-14-8-17-10-16(19-14)20-15-6-5-12(3)13(4)7-15/h5-8,10-11,18H,9H2,1-4H3.